The Morgan fingerprint density at radius 3 is 2.70 bits per heavy atom. The summed E-state index contributed by atoms with van der Waals surface area (Å²) in [4.78, 5) is 14.4. The molecule has 5 nitrogen and oxygen atoms in total. The van der Waals surface area contributed by atoms with Crippen LogP contribution in [0.5, 0.6) is 0 Å². The van der Waals surface area contributed by atoms with E-state index in [1.54, 1.807) is 0 Å². The molecule has 0 aromatic heterocycles. The van der Waals surface area contributed by atoms with Gasteiger partial charge in [-0.25, -0.2) is 0 Å². The maximum atomic E-state index is 12.1. The third kappa shape index (κ3) is 4.17. The number of methoxy groups -OCH3 is 1. The lowest BCUT2D eigenvalue weighted by Crippen LogP contribution is -2.58. The fourth-order valence-electron chi connectivity index (χ4n) is 2.90. The molecule has 2 aliphatic rings. The predicted molar refractivity (Wildman–Crippen MR) is 77.7 cm³/mol. The van der Waals surface area contributed by atoms with E-state index in [0.29, 0.717) is 18.7 Å². The fraction of sp³-hybridized carbons (Fsp3) is 0.933. The minimum Gasteiger partial charge on any atom is -0.468 e. The van der Waals surface area contributed by atoms with Crippen LogP contribution in [0.15, 0.2) is 0 Å². The quantitative estimate of drug-likeness (QED) is 0.678. The van der Waals surface area contributed by atoms with Crippen LogP contribution in [0.4, 0.5) is 0 Å². The predicted octanol–water partition coefficient (Wildman–Crippen LogP) is 1.17. The summed E-state index contributed by atoms with van der Waals surface area (Å²) >= 11 is 0. The molecule has 1 saturated heterocycles. The van der Waals surface area contributed by atoms with E-state index in [4.69, 9.17) is 9.47 Å². The van der Waals surface area contributed by atoms with Gasteiger partial charge in [0.1, 0.15) is 5.54 Å². The summed E-state index contributed by atoms with van der Waals surface area (Å²) in [6.45, 7) is 7.44. The van der Waals surface area contributed by atoms with Crippen molar-refractivity contribution in [3.8, 4) is 0 Å². The number of ether oxygens (including phenoxy) is 2. The van der Waals surface area contributed by atoms with Crippen molar-refractivity contribution in [2.75, 3.05) is 33.4 Å². The van der Waals surface area contributed by atoms with Crippen molar-refractivity contribution < 1.29 is 14.3 Å². The molecule has 2 atom stereocenters. The van der Waals surface area contributed by atoms with Gasteiger partial charge < -0.3 is 9.47 Å². The summed E-state index contributed by atoms with van der Waals surface area (Å²) in [5, 5.41) is 3.45. The van der Waals surface area contributed by atoms with Gasteiger partial charge >= 0.3 is 5.97 Å². The summed E-state index contributed by atoms with van der Waals surface area (Å²) in [5.41, 5.74) is -0.621. The molecular formula is C15H28N2O3. The Morgan fingerprint density at radius 1 is 1.45 bits per heavy atom. The van der Waals surface area contributed by atoms with Crippen molar-refractivity contribution in [3.05, 3.63) is 0 Å². The van der Waals surface area contributed by atoms with Crippen LogP contribution in [0.2, 0.25) is 0 Å². The van der Waals surface area contributed by atoms with E-state index in [0.717, 1.165) is 45.4 Å². The first-order valence-electron chi connectivity index (χ1n) is 7.77. The molecule has 0 amide bonds. The monoisotopic (exact) mass is 284 g/mol. The number of esters is 1. The van der Waals surface area contributed by atoms with Crippen molar-refractivity contribution in [3.63, 3.8) is 0 Å². The highest BCUT2D eigenvalue weighted by atomic mass is 16.5. The molecule has 1 heterocycles. The van der Waals surface area contributed by atoms with E-state index in [9.17, 15) is 4.79 Å². The van der Waals surface area contributed by atoms with Gasteiger partial charge in [-0.1, -0.05) is 6.92 Å². The first kappa shape index (κ1) is 15.7. The average Bonchev–Trinajstić information content (AvgIpc) is 3.09. The first-order chi connectivity index (χ1) is 9.57. The van der Waals surface area contributed by atoms with Crippen molar-refractivity contribution in [2.45, 2.75) is 57.2 Å². The highest BCUT2D eigenvalue weighted by Crippen LogP contribution is 2.24. The molecule has 0 aromatic carbocycles. The molecule has 2 fully saturated rings. The molecule has 2 unspecified atom stereocenters. The van der Waals surface area contributed by atoms with Crippen molar-refractivity contribution in [2.24, 2.45) is 0 Å². The molecule has 1 aliphatic heterocycles. The molecule has 0 spiro atoms. The second kappa shape index (κ2) is 6.87. The molecule has 0 bridgehead atoms. The van der Waals surface area contributed by atoms with E-state index in [1.807, 2.05) is 6.92 Å². The topological polar surface area (TPSA) is 50.8 Å². The number of carbonyl (C=O) groups is 1. The van der Waals surface area contributed by atoms with Crippen LogP contribution in [0.3, 0.4) is 0 Å². The molecule has 1 aliphatic carbocycles. The minimum absolute atomic E-state index is 0.171. The second-order valence-corrected chi connectivity index (χ2v) is 6.21. The van der Waals surface area contributed by atoms with Gasteiger partial charge in [0.15, 0.2) is 0 Å². The largest absolute Gasteiger partial charge is 0.468 e. The molecule has 1 saturated carbocycles. The van der Waals surface area contributed by atoms with Gasteiger partial charge in [0, 0.05) is 25.7 Å². The van der Waals surface area contributed by atoms with Crippen LogP contribution >= 0.6 is 0 Å². The number of rotatable bonds is 8. The lowest BCUT2D eigenvalue weighted by atomic mass is 10.0. The smallest absolute Gasteiger partial charge is 0.327 e. The van der Waals surface area contributed by atoms with Gasteiger partial charge in [-0.15, -0.1) is 0 Å². The highest BCUT2D eigenvalue weighted by Gasteiger charge is 2.40. The van der Waals surface area contributed by atoms with E-state index in [1.165, 1.54) is 7.11 Å². The van der Waals surface area contributed by atoms with Gasteiger partial charge in [0.25, 0.3) is 0 Å². The third-order valence-corrected chi connectivity index (χ3v) is 4.21. The SMILES string of the molecule is CCN(CC1CCCO1)CC(C)(NC1CC1)C(=O)OC. The van der Waals surface area contributed by atoms with Crippen molar-refractivity contribution >= 4 is 5.97 Å². The Labute approximate surface area is 122 Å². The molecule has 0 aromatic rings. The van der Waals surface area contributed by atoms with Crippen LogP contribution < -0.4 is 5.32 Å². The Bertz CT molecular complexity index is 327. The Hall–Kier alpha value is -0.650. The standard InChI is InChI=1S/C15H28N2O3/c1-4-17(10-13-6-5-9-20-13)11-15(2,14(18)19-3)16-12-7-8-12/h12-13,16H,4-11H2,1-3H3. The van der Waals surface area contributed by atoms with Crippen LogP contribution in [-0.4, -0.2) is 61.9 Å². The molecule has 116 valence electrons. The van der Waals surface area contributed by atoms with Gasteiger partial charge in [0.2, 0.25) is 0 Å². The number of likely N-dealkylation sites (N-methyl/N-ethyl adjacent to an activating group) is 1. The maximum Gasteiger partial charge on any atom is 0.327 e. The molecule has 2 rings (SSSR count). The van der Waals surface area contributed by atoms with Crippen LogP contribution in [0.25, 0.3) is 0 Å². The Morgan fingerprint density at radius 2 is 2.20 bits per heavy atom. The molecule has 0 radical (unpaired) electrons. The second-order valence-electron chi connectivity index (χ2n) is 6.21. The number of carbonyl (C=O) groups excluding carboxylic acids is 1. The van der Waals surface area contributed by atoms with E-state index in [2.05, 4.69) is 17.1 Å². The first-order valence-corrected chi connectivity index (χ1v) is 7.77. The molecular weight excluding hydrogens is 256 g/mol. The molecule has 1 N–H and O–H groups in total. The third-order valence-electron chi connectivity index (χ3n) is 4.21. The van der Waals surface area contributed by atoms with Gasteiger partial charge in [-0.05, 0) is 39.2 Å². The van der Waals surface area contributed by atoms with Crippen LogP contribution in [0, 0.1) is 0 Å². The van der Waals surface area contributed by atoms with Gasteiger partial charge in [-0.2, -0.15) is 0 Å². The molecule has 5 heteroatoms. The van der Waals surface area contributed by atoms with E-state index < -0.39 is 5.54 Å². The van der Waals surface area contributed by atoms with Crippen LogP contribution in [-0.2, 0) is 14.3 Å². The summed E-state index contributed by atoms with van der Waals surface area (Å²) in [6, 6.07) is 0.473. The van der Waals surface area contributed by atoms with Crippen LogP contribution in [0.1, 0.15) is 39.5 Å². The summed E-state index contributed by atoms with van der Waals surface area (Å²) in [5.74, 6) is -0.171. The zero-order chi connectivity index (χ0) is 14.6. The van der Waals surface area contributed by atoms with Gasteiger partial charge in [0.05, 0.1) is 13.2 Å². The number of hydrogen-bond donors (Lipinski definition) is 1. The lowest BCUT2D eigenvalue weighted by molar-refractivity contribution is -0.149. The lowest BCUT2D eigenvalue weighted by Gasteiger charge is -2.34. The van der Waals surface area contributed by atoms with Crippen molar-refractivity contribution in [1.82, 2.24) is 10.2 Å². The van der Waals surface area contributed by atoms with Crippen molar-refractivity contribution in [1.29, 1.82) is 0 Å². The summed E-state index contributed by atoms with van der Waals surface area (Å²) in [6.07, 6.45) is 4.91. The van der Waals surface area contributed by atoms with Gasteiger partial charge in [-0.3, -0.25) is 15.0 Å². The maximum absolute atomic E-state index is 12.1. The highest BCUT2D eigenvalue weighted by molar-refractivity contribution is 5.80. The minimum atomic E-state index is -0.621. The average molecular weight is 284 g/mol. The number of nitrogens with one attached hydrogen (secondary N) is 1. The number of nitrogens with zero attached hydrogens (tertiary/aromatic N) is 1. The summed E-state index contributed by atoms with van der Waals surface area (Å²) < 4.78 is 10.7. The molecule has 20 heavy (non-hydrogen) atoms. The zero-order valence-corrected chi connectivity index (χ0v) is 13.0. The normalized spacial score (nSPS) is 25.7. The fourth-order valence-corrected chi connectivity index (χ4v) is 2.90. The van der Waals surface area contributed by atoms with E-state index in [-0.39, 0.29) is 5.97 Å². The Kier molecular flexibility index (Phi) is 5.41. The zero-order valence-electron chi connectivity index (χ0n) is 13.0. The van der Waals surface area contributed by atoms with E-state index >= 15 is 0 Å². The Balaban J connectivity index is 1.94. The number of hydrogen-bond acceptors (Lipinski definition) is 5. The summed E-state index contributed by atoms with van der Waals surface area (Å²) in [7, 11) is 1.46.